The van der Waals surface area contributed by atoms with Crippen LogP contribution >= 0.6 is 11.8 Å². The number of nitrogens with one attached hydrogen (secondary N) is 1. The number of nitrogens with zero attached hydrogens (tertiary/aromatic N) is 2. The molecule has 0 fully saturated rings. The number of aromatic nitrogens is 1. The number of thioether (sulfide) groups is 1. The van der Waals surface area contributed by atoms with Gasteiger partial charge in [-0.1, -0.05) is 87.1 Å². The van der Waals surface area contributed by atoms with Gasteiger partial charge in [-0.25, -0.2) is 4.98 Å². The zero-order valence-corrected chi connectivity index (χ0v) is 23.6. The minimum atomic E-state index is -0.251. The van der Waals surface area contributed by atoms with Crippen molar-refractivity contribution in [3.8, 4) is 40.0 Å². The Morgan fingerprint density at radius 2 is 1.67 bits per heavy atom. The molecule has 0 aliphatic heterocycles. The molecular weight excluding hydrogens is 506 g/mol. The molecule has 0 bridgehead atoms. The summed E-state index contributed by atoms with van der Waals surface area (Å²) < 4.78 is 10.6. The summed E-state index contributed by atoms with van der Waals surface area (Å²) in [6, 6.07) is 27.6. The molecule has 4 rings (SSSR count). The molecule has 4 aromatic rings. The lowest BCUT2D eigenvalue weighted by molar-refractivity contribution is -0.113. The van der Waals surface area contributed by atoms with Gasteiger partial charge in [-0.15, -0.1) is 0 Å². The van der Waals surface area contributed by atoms with Gasteiger partial charge in [0.05, 0.1) is 36.9 Å². The molecule has 198 valence electrons. The zero-order valence-electron chi connectivity index (χ0n) is 22.7. The van der Waals surface area contributed by atoms with Crippen molar-refractivity contribution in [1.82, 2.24) is 4.98 Å². The van der Waals surface area contributed by atoms with Gasteiger partial charge in [-0.3, -0.25) is 4.79 Å². The number of rotatable bonds is 8. The van der Waals surface area contributed by atoms with Crippen LogP contribution < -0.4 is 14.8 Å². The van der Waals surface area contributed by atoms with Crippen LogP contribution in [0.5, 0.6) is 11.5 Å². The molecule has 6 nitrogen and oxygen atoms in total. The number of hydrogen-bond donors (Lipinski definition) is 1. The Morgan fingerprint density at radius 3 is 2.28 bits per heavy atom. The van der Waals surface area contributed by atoms with E-state index >= 15 is 0 Å². The van der Waals surface area contributed by atoms with E-state index in [-0.39, 0.29) is 17.1 Å². The van der Waals surface area contributed by atoms with Crippen LogP contribution in [-0.2, 0) is 10.2 Å². The highest BCUT2D eigenvalue weighted by molar-refractivity contribution is 8.00. The second-order valence-electron chi connectivity index (χ2n) is 9.94. The van der Waals surface area contributed by atoms with Crippen molar-refractivity contribution >= 4 is 23.4 Å². The van der Waals surface area contributed by atoms with Crippen molar-refractivity contribution in [2.75, 3.05) is 25.3 Å². The summed E-state index contributed by atoms with van der Waals surface area (Å²) in [5.41, 5.74) is 5.55. The first-order valence-corrected chi connectivity index (χ1v) is 13.5. The molecule has 0 radical (unpaired) electrons. The molecule has 1 heterocycles. The Balaban J connectivity index is 1.68. The predicted molar refractivity (Wildman–Crippen MR) is 157 cm³/mol. The molecule has 0 spiro atoms. The number of amides is 1. The molecule has 7 heteroatoms. The number of methoxy groups -OCH3 is 2. The van der Waals surface area contributed by atoms with Gasteiger partial charge in [-0.05, 0) is 34.7 Å². The van der Waals surface area contributed by atoms with Crippen LogP contribution in [0.15, 0.2) is 83.9 Å². The normalized spacial score (nSPS) is 11.0. The van der Waals surface area contributed by atoms with E-state index in [4.69, 9.17) is 14.5 Å². The lowest BCUT2D eigenvalue weighted by atomic mass is 9.86. The summed E-state index contributed by atoms with van der Waals surface area (Å²) in [6.07, 6.45) is 0. The highest BCUT2D eigenvalue weighted by Gasteiger charge is 2.19. The quantitative estimate of drug-likeness (QED) is 0.237. The number of nitriles is 1. The highest BCUT2D eigenvalue weighted by Crippen LogP contribution is 2.36. The summed E-state index contributed by atoms with van der Waals surface area (Å²) >= 11 is 1.23. The maximum absolute atomic E-state index is 13.0. The van der Waals surface area contributed by atoms with Crippen LogP contribution in [0.25, 0.3) is 22.4 Å². The molecule has 0 saturated heterocycles. The molecule has 3 aromatic carbocycles. The van der Waals surface area contributed by atoms with Crippen LogP contribution in [0.3, 0.4) is 0 Å². The standard InChI is InChI=1S/C32H31N3O3S/c1-32(2,3)23-13-11-21(12-14-23)25-18-27(22-9-7-6-8-10-22)35-31(26(25)19-33)39-20-30(36)34-28-17-24(37-4)15-16-29(28)38-5/h6-18H,20H2,1-5H3,(H,34,36). The second kappa shape index (κ2) is 12.1. The van der Waals surface area contributed by atoms with Crippen LogP contribution in [0.2, 0.25) is 0 Å². The largest absolute Gasteiger partial charge is 0.497 e. The van der Waals surface area contributed by atoms with Gasteiger partial charge in [0.2, 0.25) is 5.91 Å². The van der Waals surface area contributed by atoms with Gasteiger partial charge in [0.15, 0.2) is 0 Å². The minimum absolute atomic E-state index is 0.0177. The van der Waals surface area contributed by atoms with E-state index in [1.165, 1.54) is 17.3 Å². The molecule has 1 N–H and O–H groups in total. The van der Waals surface area contributed by atoms with Gasteiger partial charge >= 0.3 is 0 Å². The average molecular weight is 538 g/mol. The molecule has 1 aromatic heterocycles. The first-order chi connectivity index (χ1) is 18.7. The fraction of sp³-hybridized carbons (Fsp3) is 0.219. The van der Waals surface area contributed by atoms with E-state index in [0.717, 1.165) is 22.4 Å². The first-order valence-electron chi connectivity index (χ1n) is 12.5. The van der Waals surface area contributed by atoms with E-state index in [2.05, 4.69) is 44.3 Å². The smallest absolute Gasteiger partial charge is 0.234 e. The Kier molecular flexibility index (Phi) is 8.58. The molecule has 39 heavy (non-hydrogen) atoms. The van der Waals surface area contributed by atoms with Gasteiger partial charge in [0.1, 0.15) is 22.6 Å². The van der Waals surface area contributed by atoms with E-state index in [0.29, 0.717) is 27.8 Å². The van der Waals surface area contributed by atoms with Gasteiger partial charge in [0.25, 0.3) is 0 Å². The number of ether oxygens (including phenoxy) is 2. The highest BCUT2D eigenvalue weighted by atomic mass is 32.2. The van der Waals surface area contributed by atoms with E-state index in [1.807, 2.05) is 48.5 Å². The molecule has 1 amide bonds. The summed E-state index contributed by atoms with van der Waals surface area (Å²) in [7, 11) is 3.10. The van der Waals surface area contributed by atoms with Gasteiger partial charge < -0.3 is 14.8 Å². The number of carbonyl (C=O) groups excluding carboxylic acids is 1. The second-order valence-corrected chi connectivity index (χ2v) is 10.9. The third-order valence-electron chi connectivity index (χ3n) is 6.25. The Morgan fingerprint density at radius 1 is 0.949 bits per heavy atom. The predicted octanol–water partition coefficient (Wildman–Crippen LogP) is 7.33. The molecule has 0 saturated carbocycles. The maximum atomic E-state index is 13.0. The van der Waals surface area contributed by atoms with Crippen molar-refractivity contribution in [3.63, 3.8) is 0 Å². The maximum Gasteiger partial charge on any atom is 0.234 e. The number of hydrogen-bond acceptors (Lipinski definition) is 6. The third kappa shape index (κ3) is 6.60. The number of benzene rings is 3. The van der Waals surface area contributed by atoms with Crippen molar-refractivity contribution in [1.29, 1.82) is 5.26 Å². The van der Waals surface area contributed by atoms with Crippen molar-refractivity contribution in [2.45, 2.75) is 31.2 Å². The molecule has 0 aliphatic rings. The Labute approximate surface area is 234 Å². The first kappa shape index (κ1) is 27.7. The fourth-order valence-corrected chi connectivity index (χ4v) is 4.90. The third-order valence-corrected chi connectivity index (χ3v) is 7.23. The van der Waals surface area contributed by atoms with Crippen LogP contribution in [0.4, 0.5) is 5.69 Å². The molecule has 0 unspecified atom stereocenters. The topological polar surface area (TPSA) is 84.2 Å². The number of carbonyl (C=O) groups is 1. The van der Waals surface area contributed by atoms with E-state index < -0.39 is 0 Å². The molecular formula is C32H31N3O3S. The van der Waals surface area contributed by atoms with Crippen molar-refractivity contribution in [3.05, 3.63) is 90.0 Å². The number of pyridine rings is 1. The van der Waals surface area contributed by atoms with Crippen LogP contribution in [0.1, 0.15) is 31.9 Å². The minimum Gasteiger partial charge on any atom is -0.497 e. The lowest BCUT2D eigenvalue weighted by Gasteiger charge is -2.19. The monoisotopic (exact) mass is 537 g/mol. The van der Waals surface area contributed by atoms with Crippen LogP contribution in [0, 0.1) is 11.3 Å². The number of anilines is 1. The van der Waals surface area contributed by atoms with Crippen molar-refractivity contribution < 1.29 is 14.3 Å². The zero-order chi connectivity index (χ0) is 28.0. The molecule has 0 aliphatic carbocycles. The fourth-order valence-electron chi connectivity index (χ4n) is 4.10. The van der Waals surface area contributed by atoms with Crippen LogP contribution in [-0.4, -0.2) is 30.9 Å². The summed E-state index contributed by atoms with van der Waals surface area (Å²) in [5.74, 6) is 0.934. The van der Waals surface area contributed by atoms with E-state index in [1.54, 1.807) is 32.4 Å². The van der Waals surface area contributed by atoms with E-state index in [9.17, 15) is 10.1 Å². The lowest BCUT2D eigenvalue weighted by Crippen LogP contribution is -2.15. The van der Waals surface area contributed by atoms with Crippen molar-refractivity contribution in [2.24, 2.45) is 0 Å². The summed E-state index contributed by atoms with van der Waals surface area (Å²) in [4.78, 5) is 17.8. The molecule has 0 atom stereocenters. The SMILES string of the molecule is COc1ccc(OC)c(NC(=O)CSc2nc(-c3ccccc3)cc(-c3ccc(C(C)(C)C)cc3)c2C#N)c1. The van der Waals surface area contributed by atoms with Gasteiger partial charge in [0, 0.05) is 17.2 Å². The average Bonchev–Trinajstić information content (AvgIpc) is 2.95. The Bertz CT molecular complexity index is 1510. The Hall–Kier alpha value is -4.28. The summed E-state index contributed by atoms with van der Waals surface area (Å²) in [5, 5.41) is 13.6. The summed E-state index contributed by atoms with van der Waals surface area (Å²) in [6.45, 7) is 6.51. The van der Waals surface area contributed by atoms with Gasteiger partial charge in [-0.2, -0.15) is 5.26 Å².